The predicted octanol–water partition coefficient (Wildman–Crippen LogP) is 2.01. The topological polar surface area (TPSA) is 126 Å². The monoisotopic (exact) mass is 451 g/mol. The molecule has 1 aliphatic heterocycles. The molecule has 10 heteroatoms. The number of pyridine rings is 1. The molecule has 1 saturated carbocycles. The van der Waals surface area contributed by atoms with E-state index in [-0.39, 0.29) is 17.9 Å². The van der Waals surface area contributed by atoms with E-state index in [1.54, 1.807) is 12.3 Å². The summed E-state index contributed by atoms with van der Waals surface area (Å²) in [4.78, 5) is 37.8. The number of fused-ring (bicyclic) bond motifs is 1. The van der Waals surface area contributed by atoms with Gasteiger partial charge >= 0.3 is 5.97 Å². The molecule has 0 unspecified atom stereocenters. The zero-order valence-electron chi connectivity index (χ0n) is 17.0. The smallest absolute Gasteiger partial charge is 0.330 e. The van der Waals surface area contributed by atoms with Gasteiger partial charge in [-0.05, 0) is 30.0 Å². The first-order chi connectivity index (χ1) is 15.5. The third-order valence-corrected chi connectivity index (χ3v) is 6.77. The summed E-state index contributed by atoms with van der Waals surface area (Å²) >= 11 is 1.49. The third kappa shape index (κ3) is 3.61. The average molecular weight is 452 g/mol. The number of hydrogen-bond donors (Lipinski definition) is 3. The second-order valence-electron chi connectivity index (χ2n) is 7.95. The fraction of sp³-hybridized carbons (Fsp3) is 0.318. The molecule has 2 fully saturated rings. The standard InChI is InChI=1S/C22H21N5O4S/c1-2-12-10-22(12,21(29)30)27-19(28)16-9-13(11-24-16)31-20-17-14(6-8-32-17)25-18(26-20)15-5-3-4-7-23-15/h2-8,12-13,16,24H,1,9-11H2,(H,27,28)(H,29,30)/t12-,13-,16+,22-/m1/s1. The minimum Gasteiger partial charge on any atom is -0.479 e. The average Bonchev–Trinajstić information content (AvgIpc) is 3.12. The van der Waals surface area contributed by atoms with Crippen LogP contribution in [0, 0.1) is 5.92 Å². The van der Waals surface area contributed by atoms with Crippen molar-refractivity contribution in [3.05, 3.63) is 48.5 Å². The fourth-order valence-corrected chi connectivity index (χ4v) is 4.76. The molecule has 9 nitrogen and oxygen atoms in total. The molecule has 4 atom stereocenters. The van der Waals surface area contributed by atoms with Gasteiger partial charge in [0.05, 0.1) is 11.6 Å². The summed E-state index contributed by atoms with van der Waals surface area (Å²) in [5, 5.41) is 17.3. The third-order valence-electron chi connectivity index (χ3n) is 5.88. The number of carbonyl (C=O) groups excluding carboxylic acids is 1. The molecular weight excluding hydrogens is 430 g/mol. The number of carboxylic acid groups (broad SMARTS) is 1. The highest BCUT2D eigenvalue weighted by Crippen LogP contribution is 2.44. The fourth-order valence-electron chi connectivity index (χ4n) is 4.00. The number of carboxylic acids is 1. The van der Waals surface area contributed by atoms with Gasteiger partial charge in [0.25, 0.3) is 0 Å². The van der Waals surface area contributed by atoms with Gasteiger partial charge in [-0.25, -0.2) is 9.78 Å². The molecule has 0 radical (unpaired) electrons. The van der Waals surface area contributed by atoms with Crippen molar-refractivity contribution in [3.63, 3.8) is 0 Å². The molecule has 1 aliphatic carbocycles. The van der Waals surface area contributed by atoms with Gasteiger partial charge in [0, 0.05) is 25.1 Å². The molecule has 0 aromatic carbocycles. The first-order valence-electron chi connectivity index (χ1n) is 10.2. The summed E-state index contributed by atoms with van der Waals surface area (Å²) in [6.45, 7) is 4.09. The van der Waals surface area contributed by atoms with Gasteiger partial charge < -0.3 is 20.5 Å². The van der Waals surface area contributed by atoms with Gasteiger partial charge in [-0.3, -0.25) is 9.78 Å². The van der Waals surface area contributed by atoms with E-state index in [0.29, 0.717) is 36.8 Å². The summed E-state index contributed by atoms with van der Waals surface area (Å²) in [6.07, 6.45) is 3.72. The predicted molar refractivity (Wildman–Crippen MR) is 118 cm³/mol. The molecule has 2 aliphatic rings. The minimum atomic E-state index is -1.24. The van der Waals surface area contributed by atoms with E-state index in [1.165, 1.54) is 11.3 Å². The van der Waals surface area contributed by atoms with Gasteiger partial charge in [-0.1, -0.05) is 12.1 Å². The Labute approximate surface area is 187 Å². The van der Waals surface area contributed by atoms with Crippen LogP contribution < -0.4 is 15.4 Å². The molecule has 32 heavy (non-hydrogen) atoms. The summed E-state index contributed by atoms with van der Waals surface area (Å²) in [6, 6.07) is 6.89. The van der Waals surface area contributed by atoms with Crippen LogP contribution >= 0.6 is 11.3 Å². The van der Waals surface area contributed by atoms with E-state index in [1.807, 2.05) is 29.6 Å². The number of hydrogen-bond acceptors (Lipinski definition) is 8. The number of ether oxygens (including phenoxy) is 1. The first-order valence-corrected chi connectivity index (χ1v) is 11.1. The van der Waals surface area contributed by atoms with Gasteiger partial charge in [-0.2, -0.15) is 4.98 Å². The van der Waals surface area contributed by atoms with Crippen LogP contribution in [-0.2, 0) is 9.59 Å². The largest absolute Gasteiger partial charge is 0.479 e. The van der Waals surface area contributed by atoms with Crippen LogP contribution in [0.25, 0.3) is 21.7 Å². The maximum atomic E-state index is 12.7. The lowest BCUT2D eigenvalue weighted by molar-refractivity contribution is -0.143. The van der Waals surface area contributed by atoms with Gasteiger partial charge in [-0.15, -0.1) is 17.9 Å². The Hall–Kier alpha value is -3.37. The van der Waals surface area contributed by atoms with Crippen molar-refractivity contribution < 1.29 is 19.4 Å². The maximum Gasteiger partial charge on any atom is 0.330 e. The Kier molecular flexibility index (Phi) is 5.10. The lowest BCUT2D eigenvalue weighted by Gasteiger charge is -2.17. The Morgan fingerprint density at radius 2 is 2.22 bits per heavy atom. The molecule has 164 valence electrons. The number of aromatic nitrogens is 3. The van der Waals surface area contributed by atoms with E-state index in [9.17, 15) is 14.7 Å². The van der Waals surface area contributed by atoms with Crippen LogP contribution in [-0.4, -0.2) is 56.2 Å². The van der Waals surface area contributed by atoms with Crippen LogP contribution in [0.3, 0.4) is 0 Å². The molecule has 1 saturated heterocycles. The van der Waals surface area contributed by atoms with E-state index in [2.05, 4.69) is 32.2 Å². The zero-order valence-corrected chi connectivity index (χ0v) is 17.8. The quantitative estimate of drug-likeness (QED) is 0.466. The lowest BCUT2D eigenvalue weighted by Crippen LogP contribution is -2.51. The van der Waals surface area contributed by atoms with E-state index in [0.717, 1.165) is 10.2 Å². The van der Waals surface area contributed by atoms with Crippen LogP contribution in [0.1, 0.15) is 12.8 Å². The van der Waals surface area contributed by atoms with Crippen LogP contribution in [0.2, 0.25) is 0 Å². The number of aliphatic carboxylic acids is 1. The summed E-state index contributed by atoms with van der Waals surface area (Å²) < 4.78 is 7.01. The van der Waals surface area contributed by atoms with Crippen LogP contribution in [0.5, 0.6) is 5.88 Å². The van der Waals surface area contributed by atoms with Crippen molar-refractivity contribution >= 4 is 33.4 Å². The highest BCUT2D eigenvalue weighted by molar-refractivity contribution is 7.17. The summed E-state index contributed by atoms with van der Waals surface area (Å²) in [7, 11) is 0. The van der Waals surface area contributed by atoms with E-state index >= 15 is 0 Å². The van der Waals surface area contributed by atoms with Crippen LogP contribution in [0.15, 0.2) is 48.5 Å². The van der Waals surface area contributed by atoms with Crippen molar-refractivity contribution in [2.45, 2.75) is 30.5 Å². The molecule has 5 rings (SSSR count). The molecule has 4 heterocycles. The van der Waals surface area contributed by atoms with Crippen molar-refractivity contribution in [2.24, 2.45) is 5.92 Å². The highest BCUT2D eigenvalue weighted by Gasteiger charge is 2.60. The number of thiophene rings is 1. The number of carbonyl (C=O) groups is 2. The summed E-state index contributed by atoms with van der Waals surface area (Å²) in [5.74, 6) is -0.713. The second-order valence-corrected chi connectivity index (χ2v) is 8.87. The Morgan fingerprint density at radius 3 is 2.94 bits per heavy atom. The van der Waals surface area contributed by atoms with Crippen molar-refractivity contribution in [3.8, 4) is 17.4 Å². The van der Waals surface area contributed by atoms with E-state index in [4.69, 9.17) is 4.74 Å². The molecule has 3 aromatic heterocycles. The number of nitrogens with one attached hydrogen (secondary N) is 2. The van der Waals surface area contributed by atoms with Gasteiger partial charge in [0.1, 0.15) is 22.0 Å². The minimum absolute atomic E-state index is 0.254. The summed E-state index contributed by atoms with van der Waals surface area (Å²) in [5.41, 5.74) is 0.174. The molecule has 0 spiro atoms. The number of nitrogens with zero attached hydrogens (tertiary/aromatic N) is 3. The first kappa shape index (κ1) is 20.5. The molecule has 3 N–H and O–H groups in total. The zero-order chi connectivity index (χ0) is 22.3. The maximum absolute atomic E-state index is 12.7. The Bertz CT molecular complexity index is 1200. The van der Waals surface area contributed by atoms with Gasteiger partial charge in [0.15, 0.2) is 5.82 Å². The number of amides is 1. The van der Waals surface area contributed by atoms with Crippen molar-refractivity contribution in [1.29, 1.82) is 0 Å². The van der Waals surface area contributed by atoms with Gasteiger partial charge in [0.2, 0.25) is 11.8 Å². The van der Waals surface area contributed by atoms with Crippen LogP contribution in [0.4, 0.5) is 0 Å². The highest BCUT2D eigenvalue weighted by atomic mass is 32.1. The lowest BCUT2D eigenvalue weighted by atomic mass is 10.1. The molecule has 3 aromatic rings. The van der Waals surface area contributed by atoms with Crippen molar-refractivity contribution in [1.82, 2.24) is 25.6 Å². The van der Waals surface area contributed by atoms with E-state index < -0.39 is 17.6 Å². The normalized spacial score (nSPS) is 26.6. The molecule has 0 bridgehead atoms. The Balaban J connectivity index is 1.31. The Morgan fingerprint density at radius 1 is 1.34 bits per heavy atom. The number of rotatable bonds is 7. The SMILES string of the molecule is C=C[C@@H]1C[C@]1(NC(=O)[C@@H]1C[C@@H](Oc2nc(-c3ccccn3)nc3ccsc23)CN1)C(=O)O. The molecule has 1 amide bonds. The molecular formula is C22H21N5O4S. The second kappa shape index (κ2) is 7.95. The van der Waals surface area contributed by atoms with Crippen molar-refractivity contribution in [2.75, 3.05) is 6.54 Å².